The lowest BCUT2D eigenvalue weighted by molar-refractivity contribution is -0.113. The molecule has 3 aromatic carbocycles. The maximum atomic E-state index is 13.2. The largest absolute Gasteiger partial charge is 0.488 e. The third kappa shape index (κ3) is 4.39. The average molecular weight is 422 g/mol. The lowest BCUT2D eigenvalue weighted by Gasteiger charge is -2.14. The van der Waals surface area contributed by atoms with Crippen molar-refractivity contribution in [1.82, 2.24) is 0 Å². The molecule has 29 heavy (non-hydrogen) atoms. The minimum absolute atomic E-state index is 0.232. The van der Waals surface area contributed by atoms with E-state index in [1.807, 2.05) is 54.6 Å². The first-order chi connectivity index (χ1) is 14.1. The number of para-hydroxylation sites is 1. The van der Waals surface area contributed by atoms with Crippen molar-refractivity contribution in [3.8, 4) is 5.75 Å². The Bertz CT molecular complexity index is 1080. The van der Waals surface area contributed by atoms with Crippen LogP contribution in [0.2, 0.25) is 0 Å². The van der Waals surface area contributed by atoms with Crippen LogP contribution in [0, 0.1) is 5.82 Å². The van der Waals surface area contributed by atoms with Gasteiger partial charge in [-0.1, -0.05) is 72.5 Å². The molecule has 1 fully saturated rings. The Morgan fingerprint density at radius 3 is 2.41 bits per heavy atom. The fraction of sp³-hybridized carbons (Fsp3) is 0.0435. The van der Waals surface area contributed by atoms with Gasteiger partial charge in [0.05, 0.1) is 10.6 Å². The highest BCUT2D eigenvalue weighted by molar-refractivity contribution is 8.27. The van der Waals surface area contributed by atoms with E-state index in [9.17, 15) is 9.18 Å². The van der Waals surface area contributed by atoms with E-state index in [1.54, 1.807) is 18.2 Å². The molecule has 1 amide bonds. The predicted octanol–water partition coefficient (Wildman–Crippen LogP) is 5.81. The van der Waals surface area contributed by atoms with E-state index in [0.717, 1.165) is 11.1 Å². The minimum atomic E-state index is -0.362. The maximum absolute atomic E-state index is 13.2. The lowest BCUT2D eigenvalue weighted by atomic mass is 10.1. The van der Waals surface area contributed by atoms with Gasteiger partial charge in [0, 0.05) is 5.56 Å². The van der Waals surface area contributed by atoms with Crippen molar-refractivity contribution >= 4 is 46.0 Å². The number of carbonyl (C=O) groups is 1. The summed E-state index contributed by atoms with van der Waals surface area (Å²) in [6.07, 6.45) is 1.78. The molecule has 0 aromatic heterocycles. The van der Waals surface area contributed by atoms with E-state index in [0.29, 0.717) is 27.3 Å². The van der Waals surface area contributed by atoms with Crippen LogP contribution in [0.15, 0.2) is 83.8 Å². The number of halogens is 1. The second-order valence-corrected chi connectivity index (χ2v) is 7.98. The number of hydrogen-bond acceptors (Lipinski definition) is 4. The maximum Gasteiger partial charge on any atom is 0.270 e. The Balaban J connectivity index is 1.57. The molecule has 0 radical (unpaired) electrons. The standard InChI is InChI=1S/C23H16FNO2S2/c24-18-10-12-19(13-11-18)25-22(26)21(29-23(25)28)14-17-8-4-5-9-20(17)27-15-16-6-2-1-3-7-16/h1-14H,15H2. The molecule has 0 atom stereocenters. The zero-order valence-corrected chi connectivity index (χ0v) is 16.9. The number of benzene rings is 3. The van der Waals surface area contributed by atoms with Crippen molar-refractivity contribution in [2.75, 3.05) is 4.90 Å². The van der Waals surface area contributed by atoms with E-state index in [2.05, 4.69) is 0 Å². The van der Waals surface area contributed by atoms with E-state index in [-0.39, 0.29) is 11.7 Å². The van der Waals surface area contributed by atoms with Gasteiger partial charge in [-0.15, -0.1) is 0 Å². The highest BCUT2D eigenvalue weighted by Crippen LogP contribution is 2.37. The summed E-state index contributed by atoms with van der Waals surface area (Å²) in [5.74, 6) is 0.0899. The van der Waals surface area contributed by atoms with E-state index < -0.39 is 0 Å². The summed E-state index contributed by atoms with van der Waals surface area (Å²) < 4.78 is 19.6. The molecule has 1 heterocycles. The molecule has 1 aliphatic rings. The first-order valence-electron chi connectivity index (χ1n) is 8.91. The Morgan fingerprint density at radius 1 is 0.966 bits per heavy atom. The monoisotopic (exact) mass is 421 g/mol. The highest BCUT2D eigenvalue weighted by atomic mass is 32.2. The molecule has 0 spiro atoms. The van der Waals surface area contributed by atoms with Crippen molar-refractivity contribution in [2.24, 2.45) is 0 Å². The van der Waals surface area contributed by atoms with Crippen LogP contribution in [0.4, 0.5) is 10.1 Å². The minimum Gasteiger partial charge on any atom is -0.488 e. The van der Waals surface area contributed by atoms with Crippen LogP contribution in [-0.4, -0.2) is 10.2 Å². The first-order valence-corrected chi connectivity index (χ1v) is 10.1. The number of nitrogens with zero attached hydrogens (tertiary/aromatic N) is 1. The van der Waals surface area contributed by atoms with Gasteiger partial charge in [-0.3, -0.25) is 9.69 Å². The molecule has 0 unspecified atom stereocenters. The molecular formula is C23H16FNO2S2. The van der Waals surface area contributed by atoms with Gasteiger partial charge >= 0.3 is 0 Å². The van der Waals surface area contributed by atoms with Crippen LogP contribution < -0.4 is 9.64 Å². The number of ether oxygens (including phenoxy) is 1. The van der Waals surface area contributed by atoms with Gasteiger partial charge in [0.25, 0.3) is 5.91 Å². The van der Waals surface area contributed by atoms with Gasteiger partial charge in [-0.25, -0.2) is 4.39 Å². The molecule has 144 valence electrons. The highest BCUT2D eigenvalue weighted by Gasteiger charge is 2.33. The van der Waals surface area contributed by atoms with Crippen LogP contribution in [0.25, 0.3) is 6.08 Å². The number of carbonyl (C=O) groups excluding carboxylic acids is 1. The summed E-state index contributed by atoms with van der Waals surface area (Å²) in [5.41, 5.74) is 2.40. The molecule has 0 saturated carbocycles. The zero-order valence-electron chi connectivity index (χ0n) is 15.2. The lowest BCUT2D eigenvalue weighted by Crippen LogP contribution is -2.27. The molecule has 6 heteroatoms. The molecule has 0 N–H and O–H groups in total. The molecular weight excluding hydrogens is 405 g/mol. The first kappa shape index (κ1) is 19.4. The van der Waals surface area contributed by atoms with Crippen LogP contribution in [0.3, 0.4) is 0 Å². The Labute approximate surface area is 177 Å². The number of thioether (sulfide) groups is 1. The summed E-state index contributed by atoms with van der Waals surface area (Å²) in [6, 6.07) is 23.1. The third-order valence-electron chi connectivity index (χ3n) is 4.32. The zero-order chi connectivity index (χ0) is 20.2. The van der Waals surface area contributed by atoms with Crippen molar-refractivity contribution in [3.05, 3.63) is 101 Å². The summed E-state index contributed by atoms with van der Waals surface area (Å²) in [5, 5.41) is 0. The van der Waals surface area contributed by atoms with Crippen LogP contribution in [-0.2, 0) is 11.4 Å². The fourth-order valence-corrected chi connectivity index (χ4v) is 4.18. The van der Waals surface area contributed by atoms with Crippen LogP contribution in [0.5, 0.6) is 5.75 Å². The van der Waals surface area contributed by atoms with Crippen molar-refractivity contribution in [2.45, 2.75) is 6.61 Å². The van der Waals surface area contributed by atoms with E-state index >= 15 is 0 Å². The average Bonchev–Trinajstić information content (AvgIpc) is 3.02. The quantitative estimate of drug-likeness (QED) is 0.384. The van der Waals surface area contributed by atoms with E-state index in [1.165, 1.54) is 28.8 Å². The van der Waals surface area contributed by atoms with Gasteiger partial charge in [0.2, 0.25) is 0 Å². The molecule has 3 aromatic rings. The molecule has 0 bridgehead atoms. The van der Waals surface area contributed by atoms with Crippen LogP contribution in [0.1, 0.15) is 11.1 Å². The third-order valence-corrected chi connectivity index (χ3v) is 5.62. The smallest absolute Gasteiger partial charge is 0.270 e. The second kappa shape index (κ2) is 8.59. The molecule has 0 aliphatic carbocycles. The van der Waals surface area contributed by atoms with Gasteiger partial charge in [-0.2, -0.15) is 0 Å². The van der Waals surface area contributed by atoms with Gasteiger partial charge < -0.3 is 4.74 Å². The normalized spacial score (nSPS) is 15.2. The Morgan fingerprint density at radius 2 is 1.66 bits per heavy atom. The summed E-state index contributed by atoms with van der Waals surface area (Å²) in [7, 11) is 0. The molecule has 1 aliphatic heterocycles. The van der Waals surface area contributed by atoms with E-state index in [4.69, 9.17) is 17.0 Å². The summed E-state index contributed by atoms with van der Waals surface area (Å²) in [4.78, 5) is 14.8. The number of amides is 1. The number of hydrogen-bond donors (Lipinski definition) is 0. The van der Waals surface area contributed by atoms with Crippen LogP contribution >= 0.6 is 24.0 Å². The molecule has 3 nitrogen and oxygen atoms in total. The van der Waals surface area contributed by atoms with Crippen molar-refractivity contribution in [3.63, 3.8) is 0 Å². The van der Waals surface area contributed by atoms with Gasteiger partial charge in [0.1, 0.15) is 18.2 Å². The van der Waals surface area contributed by atoms with Gasteiger partial charge in [-0.05, 0) is 42.0 Å². The fourth-order valence-electron chi connectivity index (χ4n) is 2.89. The summed E-state index contributed by atoms with van der Waals surface area (Å²) >= 11 is 6.59. The predicted molar refractivity (Wildman–Crippen MR) is 119 cm³/mol. The Kier molecular flexibility index (Phi) is 5.74. The summed E-state index contributed by atoms with van der Waals surface area (Å²) in [6.45, 7) is 0.433. The number of rotatable bonds is 5. The molecule has 4 rings (SSSR count). The van der Waals surface area contributed by atoms with Crippen molar-refractivity contribution in [1.29, 1.82) is 0 Å². The van der Waals surface area contributed by atoms with Gasteiger partial charge in [0.15, 0.2) is 4.32 Å². The van der Waals surface area contributed by atoms with Crippen molar-refractivity contribution < 1.29 is 13.9 Å². The second-order valence-electron chi connectivity index (χ2n) is 6.31. The SMILES string of the molecule is O=C1C(=Cc2ccccc2OCc2ccccc2)SC(=S)N1c1ccc(F)cc1. The number of thiocarbonyl (C=S) groups is 1. The molecule has 1 saturated heterocycles. The topological polar surface area (TPSA) is 29.5 Å². The number of anilines is 1. The Hall–Kier alpha value is -2.96.